The van der Waals surface area contributed by atoms with Gasteiger partial charge < -0.3 is 60.3 Å². The van der Waals surface area contributed by atoms with Crippen LogP contribution in [0.3, 0.4) is 0 Å². The number of aromatic nitrogens is 2. The van der Waals surface area contributed by atoms with Crippen LogP contribution in [-0.4, -0.2) is 92.4 Å². The maximum Gasteiger partial charge on any atom is 0.119 e. The van der Waals surface area contributed by atoms with Crippen molar-refractivity contribution in [1.82, 2.24) is 36.6 Å². The number of rotatable bonds is 41. The second kappa shape index (κ2) is 65.3. The Balaban J connectivity index is 0.000000150. The van der Waals surface area contributed by atoms with Crippen LogP contribution in [-0.2, 0) is 26.2 Å². The number of hydrogen-bond donors (Lipinski definition) is 6. The van der Waals surface area contributed by atoms with Gasteiger partial charge in [-0.25, -0.2) is 0 Å². The third-order valence-corrected chi connectivity index (χ3v) is 33.2. The van der Waals surface area contributed by atoms with E-state index in [4.69, 9.17) is 28.4 Å². The minimum absolute atomic E-state index is 0.355. The number of ether oxygens (including phenoxy) is 6. The lowest BCUT2D eigenvalue weighted by Gasteiger charge is -2.33. The lowest BCUT2D eigenvalue weighted by atomic mass is 9.79. The van der Waals surface area contributed by atoms with Crippen molar-refractivity contribution in [2.75, 3.05) is 51.1 Å². The summed E-state index contributed by atoms with van der Waals surface area (Å²) < 4.78 is 37.6. The number of nitrogens with zero attached hydrogens (tertiary/aromatic N) is 2. The highest BCUT2D eigenvalue weighted by molar-refractivity contribution is 5.41. The van der Waals surface area contributed by atoms with Crippen LogP contribution in [0.25, 0.3) is 0 Å². The lowest BCUT2D eigenvalue weighted by Crippen LogP contribution is -2.35. The number of nitrogens with one attached hydrogen (secondary N) is 6. The summed E-state index contributed by atoms with van der Waals surface area (Å²) in [5, 5.41) is 21.8. The first-order valence-corrected chi connectivity index (χ1v) is 58.7. The highest BCUT2D eigenvalue weighted by Gasteiger charge is 2.34. The summed E-state index contributed by atoms with van der Waals surface area (Å²) in [4.78, 5) is 8.43. The van der Waals surface area contributed by atoms with E-state index in [0.29, 0.717) is 66.2 Å². The fourth-order valence-corrected chi connectivity index (χ4v) is 23.9. The normalized spacial score (nSPS) is 22.4. The zero-order chi connectivity index (χ0) is 105. The van der Waals surface area contributed by atoms with E-state index < -0.39 is 0 Å². The van der Waals surface area contributed by atoms with Crippen LogP contribution in [0, 0.1) is 125 Å². The lowest BCUT2D eigenvalue weighted by molar-refractivity contribution is 0.101. The van der Waals surface area contributed by atoms with Crippen molar-refractivity contribution in [3.63, 3.8) is 0 Å². The van der Waals surface area contributed by atoms with Gasteiger partial charge in [0.25, 0.3) is 0 Å². The molecule has 18 rings (SSSR count). The van der Waals surface area contributed by atoms with Crippen LogP contribution in [0.2, 0.25) is 0 Å². The van der Waals surface area contributed by atoms with Crippen LogP contribution in [0.1, 0.15) is 289 Å². The van der Waals surface area contributed by atoms with E-state index in [1.54, 1.807) is 0 Å². The molecule has 14 heteroatoms. The average molecular weight is 2030 g/mol. The van der Waals surface area contributed by atoms with Gasteiger partial charge in [0.05, 0.1) is 42.3 Å². The molecule has 7 fully saturated rings. The maximum atomic E-state index is 6.30. The number of anilines is 1. The largest absolute Gasteiger partial charge is 0.490 e. The molecule has 2 aromatic heterocycles. The van der Waals surface area contributed by atoms with E-state index in [1.807, 2.05) is 42.9 Å². The van der Waals surface area contributed by atoms with Gasteiger partial charge in [-0.3, -0.25) is 9.97 Å². The summed E-state index contributed by atoms with van der Waals surface area (Å²) >= 11 is 0. The van der Waals surface area contributed by atoms with Crippen molar-refractivity contribution in [2.45, 2.75) is 339 Å². The molecule has 7 saturated carbocycles. The second-order valence-corrected chi connectivity index (χ2v) is 46.3. The van der Waals surface area contributed by atoms with Gasteiger partial charge >= 0.3 is 0 Å². The highest BCUT2D eigenvalue weighted by Crippen LogP contribution is 2.41. The van der Waals surface area contributed by atoms with Crippen molar-refractivity contribution < 1.29 is 28.4 Å². The summed E-state index contributed by atoms with van der Waals surface area (Å²) in [6, 6.07) is 90.9. The summed E-state index contributed by atoms with van der Waals surface area (Å²) in [6.07, 6.45) is 44.9. The zero-order valence-corrected chi connectivity index (χ0v) is 94.2. The van der Waals surface area contributed by atoms with Crippen molar-refractivity contribution in [3.8, 4) is 34.5 Å². The Morgan fingerprint density at radius 1 is 0.240 bits per heavy atom. The third kappa shape index (κ3) is 43.7. The van der Waals surface area contributed by atoms with Crippen molar-refractivity contribution in [1.29, 1.82) is 0 Å². The molecule has 810 valence electrons. The molecule has 11 aromatic rings. The number of pyridine rings is 2. The van der Waals surface area contributed by atoms with Gasteiger partial charge in [-0.2, -0.15) is 0 Å². The molecule has 7 aliphatic carbocycles. The van der Waals surface area contributed by atoms with Crippen molar-refractivity contribution in [2.24, 2.45) is 76.9 Å². The molecule has 9 aromatic carbocycles. The fraction of sp³-hybridized carbons (Fsp3) is 0.529. The number of aryl methyl sites for hydroxylation is 7. The van der Waals surface area contributed by atoms with Gasteiger partial charge in [-0.15, -0.1) is 0 Å². The second-order valence-electron chi connectivity index (χ2n) is 46.3. The Bertz CT molecular complexity index is 5200. The van der Waals surface area contributed by atoms with Gasteiger partial charge in [0.2, 0.25) is 0 Å². The van der Waals surface area contributed by atoms with E-state index in [9.17, 15) is 0 Å². The first-order valence-electron chi connectivity index (χ1n) is 58.7. The molecule has 6 N–H and O–H groups in total. The maximum absolute atomic E-state index is 6.30. The van der Waals surface area contributed by atoms with Gasteiger partial charge in [0.15, 0.2) is 0 Å². The summed E-state index contributed by atoms with van der Waals surface area (Å²) in [7, 11) is 0. The molecule has 150 heavy (non-hydrogen) atoms. The fourth-order valence-electron chi connectivity index (χ4n) is 23.9. The van der Waals surface area contributed by atoms with Crippen molar-refractivity contribution in [3.05, 3.63) is 341 Å². The molecule has 0 radical (unpaired) electrons. The Kier molecular flexibility index (Phi) is 50.8. The van der Waals surface area contributed by atoms with E-state index in [0.717, 1.165) is 159 Å². The smallest absolute Gasteiger partial charge is 0.119 e. The molecule has 0 spiro atoms. The minimum Gasteiger partial charge on any atom is -0.490 e. The SMILES string of the molecule is Cc1ccc(CNCC(C)C2CCCC(Oc3cccc(C)c3)C2)cc1.Cc1cccc(OC2CCCC(C(C)CNCC3CCCCC3)C2)c1.Cc1cccc(OC2CCCC(C(C)CNCc3ccccc3)C2)c1.Cc1cccc(OC2CCCC(C(C)CNCc3ccccc3)C2)c1.Cc1cccc(OC2CCCC(C(C)CNCc3ccccn3)C2)c1.Cc1cccc(OC2CCCC(C(C)CNc3ccncc3)C2)c1. The molecule has 7 aliphatic rings. The standard InChI is InChI=1S/C24H33NO.C23H37NO.2C23H31NO.C22H30N2O.C21H28N2O/c1-18-10-12-21(13-11-18)17-25-16-20(3)22-7-5-9-24(15-22)26-23-8-4-6-19(2)14-23;3*1-18-8-6-12-22(14-18)25-23-13-7-11-21(15-23)19(2)16-24-17-20-9-4-3-5-10-20;1-17-7-5-10-21(13-17)25-22-11-6-8-19(14-22)18(2)15-23-16-20-9-3-4-12-24-20;1-16-5-3-7-20(13-16)24-21-8-4-6-18(14-21)17(2)15-23-19-9-11-22-12-10-19/h4,6,8,10-14,20,22,24-25H,5,7,9,15-17H2,1-3H3;6,8,12,14,19-21,23-24H,3-5,7,9-11,13,15-17H2,1-2H3;2*3-6,8-10,12,14,19,21,23-24H,7,11,13,15-17H2,1-2H3;3-5,7,9-10,12-13,18-19,22-23H,6,8,11,14-16H2,1-2H3;3,5,7,9-13,17-18,21H,4,6,8,14-15H2,1-2H3,(H,22,23). The quantitative estimate of drug-likeness (QED) is 0.0215. The van der Waals surface area contributed by atoms with Gasteiger partial charge in [0, 0.05) is 57.0 Å². The monoisotopic (exact) mass is 2030 g/mol. The van der Waals surface area contributed by atoms with Crippen LogP contribution in [0.5, 0.6) is 34.5 Å². The summed E-state index contributed by atoms with van der Waals surface area (Å²) in [5.41, 5.74) is 15.3. The number of benzene rings is 9. The minimum atomic E-state index is 0.355. The van der Waals surface area contributed by atoms with E-state index >= 15 is 0 Å². The Hall–Kier alpha value is -10.3. The molecular weight excluding hydrogens is 1840 g/mol. The van der Waals surface area contributed by atoms with E-state index in [-0.39, 0.29) is 0 Å². The number of hydrogen-bond acceptors (Lipinski definition) is 14. The molecule has 18 atom stereocenters. The Morgan fingerprint density at radius 2 is 0.520 bits per heavy atom. The molecule has 2 heterocycles. The predicted molar refractivity (Wildman–Crippen MR) is 628 cm³/mol. The average Bonchev–Trinajstić information content (AvgIpc) is 0.874. The van der Waals surface area contributed by atoms with Crippen LogP contribution >= 0.6 is 0 Å². The first-order chi connectivity index (χ1) is 73.1. The Morgan fingerprint density at radius 3 is 0.813 bits per heavy atom. The van der Waals surface area contributed by atoms with Gasteiger partial charge in [-0.05, 0) is 479 Å². The van der Waals surface area contributed by atoms with Crippen LogP contribution in [0.4, 0.5) is 5.69 Å². The Labute approximate surface area is 907 Å². The summed E-state index contributed by atoms with van der Waals surface area (Å²) in [6.45, 7) is 40.6. The topological polar surface area (TPSA) is 153 Å². The molecule has 0 bridgehead atoms. The summed E-state index contributed by atoms with van der Waals surface area (Å²) in [5.74, 6) is 15.8. The van der Waals surface area contributed by atoms with Crippen LogP contribution in [0.15, 0.2) is 279 Å². The van der Waals surface area contributed by atoms with Gasteiger partial charge in [-0.1, -0.05) is 230 Å². The van der Waals surface area contributed by atoms with E-state index in [2.05, 4.69) is 368 Å². The molecule has 0 aliphatic heterocycles. The van der Waals surface area contributed by atoms with Crippen LogP contribution < -0.4 is 60.3 Å². The molecular formula is C136H190N8O6. The highest BCUT2D eigenvalue weighted by atomic mass is 16.5. The first kappa shape index (κ1) is 117. The molecule has 18 unspecified atom stereocenters. The molecule has 0 saturated heterocycles. The van der Waals surface area contributed by atoms with E-state index in [1.165, 1.54) is 249 Å². The molecule has 14 nitrogen and oxygen atoms in total. The zero-order valence-electron chi connectivity index (χ0n) is 94.2. The molecule has 0 amide bonds. The van der Waals surface area contributed by atoms with Crippen molar-refractivity contribution >= 4 is 5.69 Å². The third-order valence-electron chi connectivity index (χ3n) is 33.2. The van der Waals surface area contributed by atoms with Gasteiger partial charge in [0.1, 0.15) is 34.5 Å². The predicted octanol–water partition coefficient (Wildman–Crippen LogP) is 32.0.